The quantitative estimate of drug-likeness (QED) is 0.748. The fourth-order valence-corrected chi connectivity index (χ4v) is 4.51. The second-order valence-corrected chi connectivity index (χ2v) is 8.81. The maximum Gasteiger partial charge on any atom is 0.247 e. The van der Waals surface area contributed by atoms with E-state index in [4.69, 9.17) is 4.74 Å². The number of sulfonamides is 1. The van der Waals surface area contributed by atoms with Gasteiger partial charge < -0.3 is 15.4 Å². The van der Waals surface area contributed by atoms with Gasteiger partial charge in [0.2, 0.25) is 21.8 Å². The van der Waals surface area contributed by atoms with E-state index in [-0.39, 0.29) is 16.7 Å². The lowest BCUT2D eigenvalue weighted by molar-refractivity contribution is -0.126. The highest BCUT2D eigenvalue weighted by Crippen LogP contribution is 2.24. The highest BCUT2D eigenvalue weighted by Gasteiger charge is 2.29. The van der Waals surface area contributed by atoms with Crippen LogP contribution in [-0.2, 0) is 24.3 Å². The van der Waals surface area contributed by atoms with Crippen LogP contribution in [0.1, 0.15) is 26.3 Å². The van der Waals surface area contributed by atoms with Crippen molar-refractivity contribution in [2.75, 3.05) is 31.6 Å². The topological polar surface area (TPSA) is 105 Å². The fraction of sp³-hybridized carbons (Fsp3) is 0.556. The Hall–Kier alpha value is -1.97. The van der Waals surface area contributed by atoms with Crippen molar-refractivity contribution < 1.29 is 22.7 Å². The molecule has 0 spiro atoms. The standard InChI is InChI=1S/C18H27N3O5S/c1-12(2)17(19-14(4)22)18(23)20-15-6-5-13(3)16(11-15)27(24,25)21-7-9-26-10-8-21/h5-6,11-12,17H,7-10H2,1-4H3,(H,19,22)(H,20,23)/t17-/m1/s1. The van der Waals surface area contributed by atoms with Crippen molar-refractivity contribution in [3.63, 3.8) is 0 Å². The van der Waals surface area contributed by atoms with E-state index in [9.17, 15) is 18.0 Å². The van der Waals surface area contributed by atoms with Crippen LogP contribution in [0.4, 0.5) is 5.69 Å². The smallest absolute Gasteiger partial charge is 0.247 e. The summed E-state index contributed by atoms with van der Waals surface area (Å²) in [6, 6.07) is 4.06. The van der Waals surface area contributed by atoms with Crippen molar-refractivity contribution in [2.24, 2.45) is 5.92 Å². The molecule has 2 rings (SSSR count). The SMILES string of the molecule is CC(=O)N[C@@H](C(=O)Nc1ccc(C)c(S(=O)(=O)N2CCOCC2)c1)C(C)C. The van der Waals surface area contributed by atoms with E-state index < -0.39 is 22.0 Å². The van der Waals surface area contributed by atoms with Crippen molar-refractivity contribution in [1.82, 2.24) is 9.62 Å². The Balaban J connectivity index is 2.26. The molecule has 2 N–H and O–H groups in total. The van der Waals surface area contributed by atoms with Gasteiger partial charge in [-0.3, -0.25) is 9.59 Å². The van der Waals surface area contributed by atoms with Crippen molar-refractivity contribution in [3.05, 3.63) is 23.8 Å². The minimum absolute atomic E-state index is 0.115. The van der Waals surface area contributed by atoms with Gasteiger partial charge in [-0.15, -0.1) is 0 Å². The number of carbonyl (C=O) groups excluding carboxylic acids is 2. The monoisotopic (exact) mass is 397 g/mol. The number of hydrogen-bond acceptors (Lipinski definition) is 5. The number of nitrogens with zero attached hydrogens (tertiary/aromatic N) is 1. The third-order valence-corrected chi connectivity index (χ3v) is 6.39. The maximum atomic E-state index is 12.9. The summed E-state index contributed by atoms with van der Waals surface area (Å²) in [4.78, 5) is 24.0. The zero-order valence-corrected chi connectivity index (χ0v) is 16.9. The molecule has 0 bridgehead atoms. The lowest BCUT2D eigenvalue weighted by Gasteiger charge is -2.27. The lowest BCUT2D eigenvalue weighted by atomic mass is 10.0. The summed E-state index contributed by atoms with van der Waals surface area (Å²) in [7, 11) is -3.67. The van der Waals surface area contributed by atoms with E-state index in [1.54, 1.807) is 19.1 Å². The first-order valence-corrected chi connectivity index (χ1v) is 10.3. The Labute approximate surface area is 160 Å². The number of benzene rings is 1. The zero-order chi connectivity index (χ0) is 20.2. The van der Waals surface area contributed by atoms with Gasteiger partial charge >= 0.3 is 0 Å². The highest BCUT2D eigenvalue weighted by atomic mass is 32.2. The molecule has 0 radical (unpaired) electrons. The van der Waals surface area contributed by atoms with Gasteiger partial charge in [0.05, 0.1) is 18.1 Å². The molecule has 1 heterocycles. The Kier molecular flexibility index (Phi) is 6.96. The van der Waals surface area contributed by atoms with Crippen molar-refractivity contribution in [1.29, 1.82) is 0 Å². The minimum atomic E-state index is -3.67. The first-order chi connectivity index (χ1) is 12.6. The third kappa shape index (κ3) is 5.27. The van der Waals surface area contributed by atoms with E-state index >= 15 is 0 Å². The van der Waals surface area contributed by atoms with Crippen molar-refractivity contribution in [2.45, 2.75) is 38.6 Å². The van der Waals surface area contributed by atoms with Crippen LogP contribution in [0.2, 0.25) is 0 Å². The Morgan fingerprint density at radius 1 is 1.19 bits per heavy atom. The Bertz CT molecular complexity index is 801. The second-order valence-electron chi connectivity index (χ2n) is 6.91. The summed E-state index contributed by atoms with van der Waals surface area (Å²) in [6.45, 7) is 8.04. The Morgan fingerprint density at radius 2 is 1.81 bits per heavy atom. The van der Waals surface area contributed by atoms with Gasteiger partial charge in [-0.2, -0.15) is 4.31 Å². The molecule has 1 aliphatic heterocycles. The van der Waals surface area contributed by atoms with E-state index in [2.05, 4.69) is 10.6 Å². The number of morpholine rings is 1. The number of amides is 2. The average Bonchev–Trinajstić information content (AvgIpc) is 2.61. The predicted molar refractivity (Wildman–Crippen MR) is 102 cm³/mol. The number of hydrogen-bond donors (Lipinski definition) is 2. The molecule has 27 heavy (non-hydrogen) atoms. The molecule has 0 aliphatic carbocycles. The molecule has 0 unspecified atom stereocenters. The van der Waals surface area contributed by atoms with Crippen LogP contribution < -0.4 is 10.6 Å². The van der Waals surface area contributed by atoms with E-state index in [0.29, 0.717) is 37.6 Å². The summed E-state index contributed by atoms with van der Waals surface area (Å²) in [5.74, 6) is -0.807. The molecule has 0 saturated carbocycles. The van der Waals surface area contributed by atoms with Gasteiger partial charge in [-0.25, -0.2) is 8.42 Å². The summed E-state index contributed by atoms with van der Waals surface area (Å²) in [5, 5.41) is 5.33. The number of rotatable bonds is 6. The van der Waals surface area contributed by atoms with Crippen LogP contribution in [0.15, 0.2) is 23.1 Å². The molecule has 9 heteroatoms. The molecule has 2 amide bonds. The first kappa shape index (κ1) is 21.3. The number of ether oxygens (including phenoxy) is 1. The largest absolute Gasteiger partial charge is 0.379 e. The number of nitrogens with one attached hydrogen (secondary N) is 2. The van der Waals surface area contributed by atoms with Crippen LogP contribution in [0, 0.1) is 12.8 Å². The van der Waals surface area contributed by atoms with E-state index in [0.717, 1.165) is 0 Å². The van der Waals surface area contributed by atoms with Crippen molar-refractivity contribution >= 4 is 27.5 Å². The first-order valence-electron chi connectivity index (χ1n) is 8.89. The number of aryl methyl sites for hydroxylation is 1. The molecule has 1 saturated heterocycles. The summed E-state index contributed by atoms with van der Waals surface area (Å²) < 4.78 is 32.5. The maximum absolute atomic E-state index is 12.9. The van der Waals surface area contributed by atoms with Crippen LogP contribution in [-0.4, -0.2) is 56.9 Å². The lowest BCUT2D eigenvalue weighted by Crippen LogP contribution is -2.46. The number of anilines is 1. The molecule has 1 aromatic carbocycles. The van der Waals surface area contributed by atoms with E-state index in [1.807, 2.05) is 13.8 Å². The zero-order valence-electron chi connectivity index (χ0n) is 16.1. The Morgan fingerprint density at radius 3 is 2.37 bits per heavy atom. The molecular formula is C18H27N3O5S. The molecule has 0 aromatic heterocycles. The van der Waals surface area contributed by atoms with Crippen LogP contribution >= 0.6 is 0 Å². The van der Waals surface area contributed by atoms with Gasteiger partial charge in [0.15, 0.2) is 0 Å². The normalized spacial score (nSPS) is 16.8. The van der Waals surface area contributed by atoms with Gasteiger partial charge in [-0.05, 0) is 30.5 Å². The van der Waals surface area contributed by atoms with Crippen LogP contribution in [0.25, 0.3) is 0 Å². The van der Waals surface area contributed by atoms with Crippen molar-refractivity contribution in [3.8, 4) is 0 Å². The van der Waals surface area contributed by atoms with Gasteiger partial charge in [0.1, 0.15) is 6.04 Å². The van der Waals surface area contributed by atoms with Gasteiger partial charge in [0, 0.05) is 25.7 Å². The molecule has 1 fully saturated rings. The number of carbonyl (C=O) groups is 2. The van der Waals surface area contributed by atoms with Gasteiger partial charge in [0.25, 0.3) is 0 Å². The third-order valence-electron chi connectivity index (χ3n) is 4.35. The second kappa shape index (κ2) is 8.81. The van der Waals surface area contributed by atoms with Crippen LogP contribution in [0.3, 0.4) is 0 Å². The molecule has 8 nitrogen and oxygen atoms in total. The minimum Gasteiger partial charge on any atom is -0.379 e. The fourth-order valence-electron chi connectivity index (χ4n) is 2.86. The average molecular weight is 397 g/mol. The summed E-state index contributed by atoms with van der Waals surface area (Å²) in [5.41, 5.74) is 0.968. The summed E-state index contributed by atoms with van der Waals surface area (Å²) >= 11 is 0. The molecule has 150 valence electrons. The molecule has 1 atom stereocenters. The molecule has 1 aliphatic rings. The van der Waals surface area contributed by atoms with Gasteiger partial charge in [-0.1, -0.05) is 19.9 Å². The highest BCUT2D eigenvalue weighted by molar-refractivity contribution is 7.89. The van der Waals surface area contributed by atoms with Crippen LogP contribution in [0.5, 0.6) is 0 Å². The predicted octanol–water partition coefficient (Wildman–Crippen LogP) is 1.12. The van der Waals surface area contributed by atoms with E-state index in [1.165, 1.54) is 17.3 Å². The molecular weight excluding hydrogens is 370 g/mol. The molecule has 1 aromatic rings. The summed E-state index contributed by atoms with van der Waals surface area (Å²) in [6.07, 6.45) is 0.